The predicted molar refractivity (Wildman–Crippen MR) is 137 cm³/mol. The third kappa shape index (κ3) is 4.79. The van der Waals surface area contributed by atoms with E-state index in [4.69, 9.17) is 5.10 Å². The molecule has 3 aromatic rings. The average Bonchev–Trinajstić information content (AvgIpc) is 3.49. The number of nitrogens with zero attached hydrogens (tertiary/aromatic N) is 4. The first-order valence-corrected chi connectivity index (χ1v) is 12.3. The van der Waals surface area contributed by atoms with Crippen LogP contribution in [0.4, 0.5) is 11.4 Å². The van der Waals surface area contributed by atoms with Gasteiger partial charge in [0, 0.05) is 48.8 Å². The zero-order chi connectivity index (χ0) is 24.4. The van der Waals surface area contributed by atoms with Crippen molar-refractivity contribution < 1.29 is 9.59 Å². The normalized spacial score (nSPS) is 18.5. The Kier molecular flexibility index (Phi) is 6.55. The van der Waals surface area contributed by atoms with Gasteiger partial charge in [-0.05, 0) is 63.1 Å². The van der Waals surface area contributed by atoms with Crippen molar-refractivity contribution in [1.29, 1.82) is 0 Å². The second-order valence-electron chi connectivity index (χ2n) is 9.29. The number of nitrogens with one attached hydrogen (secondary N) is 2. The zero-order valence-corrected chi connectivity index (χ0v) is 20.3. The van der Waals surface area contributed by atoms with Crippen LogP contribution in [0, 0.1) is 13.8 Å². The molecule has 182 valence electrons. The molecule has 0 unspecified atom stereocenters. The Hall–Kier alpha value is -3.65. The summed E-state index contributed by atoms with van der Waals surface area (Å²) in [4.78, 5) is 30.3. The molecule has 2 fully saturated rings. The molecule has 2 aliphatic rings. The monoisotopic (exact) mass is 472 g/mol. The van der Waals surface area contributed by atoms with E-state index in [1.54, 1.807) is 0 Å². The number of rotatable bonds is 6. The van der Waals surface area contributed by atoms with Crippen molar-refractivity contribution in [3.63, 3.8) is 0 Å². The summed E-state index contributed by atoms with van der Waals surface area (Å²) < 4.78 is 1.87. The van der Waals surface area contributed by atoms with Crippen LogP contribution in [0.25, 0.3) is 5.69 Å². The minimum absolute atomic E-state index is 0.0992. The Morgan fingerprint density at radius 3 is 2.43 bits per heavy atom. The van der Waals surface area contributed by atoms with E-state index in [0.717, 1.165) is 41.4 Å². The highest BCUT2D eigenvalue weighted by molar-refractivity contribution is 5.93. The molecule has 2 amide bonds. The van der Waals surface area contributed by atoms with Gasteiger partial charge in [0.1, 0.15) is 6.04 Å². The fourth-order valence-corrected chi connectivity index (χ4v) is 5.19. The van der Waals surface area contributed by atoms with Crippen LogP contribution in [0.1, 0.15) is 35.8 Å². The van der Waals surface area contributed by atoms with E-state index < -0.39 is 6.04 Å². The molecule has 0 saturated carbocycles. The van der Waals surface area contributed by atoms with Crippen LogP contribution in [0.2, 0.25) is 0 Å². The van der Waals surface area contributed by atoms with Crippen molar-refractivity contribution >= 4 is 23.2 Å². The summed E-state index contributed by atoms with van der Waals surface area (Å²) in [6.45, 7) is 7.30. The van der Waals surface area contributed by atoms with Gasteiger partial charge in [-0.25, -0.2) is 4.68 Å². The lowest BCUT2D eigenvalue weighted by molar-refractivity contribution is -0.130. The highest BCUT2D eigenvalue weighted by Crippen LogP contribution is 2.30. The van der Waals surface area contributed by atoms with E-state index in [0.29, 0.717) is 13.1 Å². The van der Waals surface area contributed by atoms with Crippen molar-refractivity contribution in [2.24, 2.45) is 0 Å². The summed E-state index contributed by atoms with van der Waals surface area (Å²) in [5.74, 6) is -0.234. The Labute approximate surface area is 205 Å². The lowest BCUT2D eigenvalue weighted by Gasteiger charge is -2.34. The van der Waals surface area contributed by atoms with Crippen LogP contribution in [-0.4, -0.2) is 59.2 Å². The van der Waals surface area contributed by atoms with Crippen LogP contribution < -0.4 is 15.5 Å². The fraction of sp³-hybridized carbons (Fsp3) is 0.370. The number of amides is 2. The van der Waals surface area contributed by atoms with Gasteiger partial charge in [0.25, 0.3) is 0 Å². The molecular weight excluding hydrogens is 440 g/mol. The smallest absolute Gasteiger partial charge is 0.242 e. The summed E-state index contributed by atoms with van der Waals surface area (Å²) >= 11 is 0. The molecule has 3 heterocycles. The summed E-state index contributed by atoms with van der Waals surface area (Å²) in [6.07, 6.45) is 2.46. The molecule has 0 aliphatic carbocycles. The van der Waals surface area contributed by atoms with Gasteiger partial charge in [-0.3, -0.25) is 14.5 Å². The molecule has 35 heavy (non-hydrogen) atoms. The van der Waals surface area contributed by atoms with Crippen LogP contribution >= 0.6 is 0 Å². The maximum absolute atomic E-state index is 13.0. The first-order chi connectivity index (χ1) is 17.0. The molecule has 1 atom stereocenters. The van der Waals surface area contributed by atoms with Crippen molar-refractivity contribution in [3.05, 3.63) is 71.5 Å². The number of para-hydroxylation sites is 1. The van der Waals surface area contributed by atoms with Crippen LogP contribution in [-0.2, 0) is 9.59 Å². The topological polar surface area (TPSA) is 82.5 Å². The minimum Gasteiger partial charge on any atom is -0.372 e. The van der Waals surface area contributed by atoms with Gasteiger partial charge >= 0.3 is 0 Å². The number of piperazine rings is 1. The molecular formula is C27H32N6O2. The number of benzene rings is 2. The Balaban J connectivity index is 1.32. The molecule has 2 aliphatic heterocycles. The van der Waals surface area contributed by atoms with Gasteiger partial charge in [0.2, 0.25) is 11.8 Å². The van der Waals surface area contributed by atoms with Gasteiger partial charge in [0.15, 0.2) is 0 Å². The van der Waals surface area contributed by atoms with Gasteiger partial charge in [-0.1, -0.05) is 18.2 Å². The Morgan fingerprint density at radius 1 is 1.00 bits per heavy atom. The maximum atomic E-state index is 13.0. The molecule has 0 radical (unpaired) electrons. The highest BCUT2D eigenvalue weighted by Gasteiger charge is 2.36. The number of aromatic nitrogens is 2. The summed E-state index contributed by atoms with van der Waals surface area (Å²) in [5, 5.41) is 10.7. The second-order valence-corrected chi connectivity index (χ2v) is 9.29. The Bertz CT molecular complexity index is 1200. The average molecular weight is 473 g/mol. The molecule has 5 rings (SSSR count). The van der Waals surface area contributed by atoms with Crippen LogP contribution in [0.15, 0.2) is 54.6 Å². The first kappa shape index (κ1) is 23.1. The van der Waals surface area contributed by atoms with Crippen molar-refractivity contribution in [3.8, 4) is 5.69 Å². The van der Waals surface area contributed by atoms with Crippen molar-refractivity contribution in [2.45, 2.75) is 32.7 Å². The van der Waals surface area contributed by atoms with Gasteiger partial charge < -0.3 is 15.5 Å². The third-order valence-electron chi connectivity index (χ3n) is 6.90. The molecule has 0 bridgehead atoms. The lowest BCUT2D eigenvalue weighted by atomic mass is 10.00. The third-order valence-corrected chi connectivity index (χ3v) is 6.90. The zero-order valence-electron chi connectivity index (χ0n) is 20.3. The van der Waals surface area contributed by atoms with E-state index in [1.165, 1.54) is 18.5 Å². The molecule has 2 N–H and O–H groups in total. The van der Waals surface area contributed by atoms with Crippen LogP contribution in [0.3, 0.4) is 0 Å². The van der Waals surface area contributed by atoms with Crippen molar-refractivity contribution in [1.82, 2.24) is 20.0 Å². The Morgan fingerprint density at radius 2 is 1.71 bits per heavy atom. The number of anilines is 2. The number of aryl methyl sites for hydroxylation is 1. The predicted octanol–water partition coefficient (Wildman–Crippen LogP) is 3.20. The van der Waals surface area contributed by atoms with E-state index in [2.05, 4.69) is 27.7 Å². The summed E-state index contributed by atoms with van der Waals surface area (Å²) in [5.41, 5.74) is 5.44. The van der Waals surface area contributed by atoms with Gasteiger partial charge in [0.05, 0.1) is 17.9 Å². The number of hydrogen-bond acceptors (Lipinski definition) is 5. The van der Waals surface area contributed by atoms with Gasteiger partial charge in [-0.15, -0.1) is 0 Å². The standard InChI is InChI=1S/C27H32N6O2/c1-19-25(20(2)33(30-19)23-8-4-3-5-9-23)26-27(35)28-14-17-32(26)18-24(34)29-21-10-12-22(13-11-21)31-15-6-7-16-31/h3-5,8-13,26H,6-7,14-18H2,1-2H3,(H,28,35)(H,29,34)/t26-/m0/s1. The molecule has 8 nitrogen and oxygen atoms in total. The number of hydrogen-bond donors (Lipinski definition) is 2. The van der Waals surface area contributed by atoms with E-state index in [9.17, 15) is 9.59 Å². The molecule has 1 aromatic heterocycles. The van der Waals surface area contributed by atoms with E-state index >= 15 is 0 Å². The second kappa shape index (κ2) is 9.92. The molecule has 8 heteroatoms. The highest BCUT2D eigenvalue weighted by atomic mass is 16.2. The number of carbonyl (C=O) groups excluding carboxylic acids is 2. The molecule has 2 saturated heterocycles. The molecule has 0 spiro atoms. The molecule has 2 aromatic carbocycles. The largest absolute Gasteiger partial charge is 0.372 e. The summed E-state index contributed by atoms with van der Waals surface area (Å²) in [6, 6.07) is 17.3. The van der Waals surface area contributed by atoms with Crippen molar-refractivity contribution in [2.75, 3.05) is 42.9 Å². The van der Waals surface area contributed by atoms with Crippen LogP contribution in [0.5, 0.6) is 0 Å². The summed E-state index contributed by atoms with van der Waals surface area (Å²) in [7, 11) is 0. The number of carbonyl (C=O) groups is 2. The van der Waals surface area contributed by atoms with E-state index in [-0.39, 0.29) is 18.4 Å². The van der Waals surface area contributed by atoms with Gasteiger partial charge in [-0.2, -0.15) is 5.10 Å². The fourth-order valence-electron chi connectivity index (χ4n) is 5.19. The quantitative estimate of drug-likeness (QED) is 0.576. The lowest BCUT2D eigenvalue weighted by Crippen LogP contribution is -2.52. The van der Waals surface area contributed by atoms with E-state index in [1.807, 2.05) is 65.9 Å². The first-order valence-electron chi connectivity index (χ1n) is 12.3. The SMILES string of the molecule is Cc1nn(-c2ccccc2)c(C)c1[C@H]1C(=O)NCCN1CC(=O)Nc1ccc(N2CCCC2)cc1. The maximum Gasteiger partial charge on any atom is 0.242 e. The minimum atomic E-state index is -0.565.